The van der Waals surface area contributed by atoms with Crippen LogP contribution in [0.1, 0.15) is 13.3 Å². The number of nitrogens with zero attached hydrogens (tertiary/aromatic N) is 2. The van der Waals surface area contributed by atoms with E-state index in [9.17, 15) is 13.2 Å². The van der Waals surface area contributed by atoms with E-state index in [-0.39, 0.29) is 10.8 Å². The van der Waals surface area contributed by atoms with Gasteiger partial charge in [0.05, 0.1) is 15.1 Å². The molecule has 0 aliphatic heterocycles. The van der Waals surface area contributed by atoms with Crippen molar-refractivity contribution in [1.29, 1.82) is 0 Å². The van der Waals surface area contributed by atoms with Crippen LogP contribution in [0.3, 0.4) is 0 Å². The Kier molecular flexibility index (Phi) is 3.60. The maximum Gasteiger partial charge on any atom is 0.248 e. The maximum atomic E-state index is 11.5. The third kappa shape index (κ3) is 2.76. The molecule has 0 aliphatic rings. The average molecular weight is 298 g/mol. The van der Waals surface area contributed by atoms with Crippen LogP contribution in [0.4, 0.5) is 0 Å². The fourth-order valence-corrected chi connectivity index (χ4v) is 3.43. The molecule has 0 fully saturated rings. The number of fused-ring (bicyclic) bond motifs is 1. The average Bonchev–Trinajstić information content (AvgIpc) is 2.64. The number of amides is 1. The zero-order valence-electron chi connectivity index (χ0n) is 10.9. The predicted octanol–water partition coefficient (Wildman–Crippen LogP) is 1.48. The Labute approximate surface area is 115 Å². The number of hydrogen-bond acceptors (Lipinski definition) is 4. The summed E-state index contributed by atoms with van der Waals surface area (Å²) in [5.74, 6) is -0.189. The molecule has 102 valence electrons. The fraction of sp³-hybridized carbons (Fsp3) is 0.333. The molecule has 0 N–H and O–H groups in total. The van der Waals surface area contributed by atoms with Gasteiger partial charge in [-0.25, -0.2) is 8.42 Å². The van der Waals surface area contributed by atoms with Crippen LogP contribution in [0.2, 0.25) is 0 Å². The molecule has 1 heterocycles. The molecule has 0 radical (unpaired) electrons. The van der Waals surface area contributed by atoms with Gasteiger partial charge in [-0.15, -0.1) is 0 Å². The van der Waals surface area contributed by atoms with E-state index in [4.69, 9.17) is 0 Å². The summed E-state index contributed by atoms with van der Waals surface area (Å²) in [6.45, 7) is 1.75. The molecule has 0 unspecified atom stereocenters. The molecule has 0 bridgehead atoms. The quantitative estimate of drug-likeness (QED) is 0.843. The number of benzene rings is 1. The minimum Gasteiger partial charge on any atom is -0.319 e. The molecular formula is C12H14N2O3S2. The van der Waals surface area contributed by atoms with E-state index in [0.717, 1.165) is 10.2 Å². The van der Waals surface area contributed by atoms with Crippen LogP contribution in [-0.2, 0) is 21.7 Å². The van der Waals surface area contributed by atoms with E-state index in [1.165, 1.54) is 17.6 Å². The SMILES string of the molecule is CCC(=O)N=c1sc2cc(S(C)(=O)=O)ccc2n1C. The Morgan fingerprint density at radius 2 is 2.11 bits per heavy atom. The molecule has 1 amide bonds. The van der Waals surface area contributed by atoms with Crippen molar-refractivity contribution in [2.45, 2.75) is 18.2 Å². The summed E-state index contributed by atoms with van der Waals surface area (Å²) in [7, 11) is -1.42. The van der Waals surface area contributed by atoms with Crippen LogP contribution < -0.4 is 4.80 Å². The van der Waals surface area contributed by atoms with Gasteiger partial charge in [-0.1, -0.05) is 18.3 Å². The minimum absolute atomic E-state index is 0.189. The molecule has 2 aromatic rings. The summed E-state index contributed by atoms with van der Waals surface area (Å²) in [6.07, 6.45) is 1.52. The van der Waals surface area contributed by atoms with Gasteiger partial charge in [0.25, 0.3) is 0 Å². The van der Waals surface area contributed by atoms with E-state index < -0.39 is 9.84 Å². The number of hydrogen-bond donors (Lipinski definition) is 0. The number of aromatic nitrogens is 1. The van der Waals surface area contributed by atoms with Gasteiger partial charge in [-0.05, 0) is 18.2 Å². The second-order valence-electron chi connectivity index (χ2n) is 4.20. The number of thiazole rings is 1. The number of rotatable bonds is 2. The monoisotopic (exact) mass is 298 g/mol. The van der Waals surface area contributed by atoms with E-state index in [2.05, 4.69) is 4.99 Å². The van der Waals surface area contributed by atoms with Gasteiger partial charge < -0.3 is 4.57 Å². The van der Waals surface area contributed by atoms with Crippen molar-refractivity contribution in [1.82, 2.24) is 4.57 Å². The van der Waals surface area contributed by atoms with Gasteiger partial charge in [0, 0.05) is 19.7 Å². The molecule has 0 saturated heterocycles. The van der Waals surface area contributed by atoms with Crippen molar-refractivity contribution >= 4 is 37.3 Å². The Bertz CT molecular complexity index is 813. The Morgan fingerprint density at radius 1 is 1.42 bits per heavy atom. The van der Waals surface area contributed by atoms with E-state index in [0.29, 0.717) is 11.2 Å². The van der Waals surface area contributed by atoms with Crippen molar-refractivity contribution in [2.75, 3.05) is 6.26 Å². The number of carbonyl (C=O) groups is 1. The highest BCUT2D eigenvalue weighted by Gasteiger charge is 2.10. The molecule has 0 saturated carbocycles. The van der Waals surface area contributed by atoms with Crippen molar-refractivity contribution in [3.63, 3.8) is 0 Å². The summed E-state index contributed by atoms with van der Waals surface area (Å²) in [5.41, 5.74) is 0.861. The number of sulfone groups is 1. The lowest BCUT2D eigenvalue weighted by Crippen LogP contribution is -2.12. The molecule has 0 aliphatic carbocycles. The first kappa shape index (κ1) is 14.0. The van der Waals surface area contributed by atoms with Gasteiger partial charge in [0.1, 0.15) is 0 Å². The van der Waals surface area contributed by atoms with Gasteiger partial charge in [-0.2, -0.15) is 4.99 Å². The highest BCUT2D eigenvalue weighted by atomic mass is 32.2. The fourth-order valence-electron chi connectivity index (χ4n) is 1.64. The van der Waals surface area contributed by atoms with Crippen molar-refractivity contribution in [3.05, 3.63) is 23.0 Å². The third-order valence-electron chi connectivity index (χ3n) is 2.73. The lowest BCUT2D eigenvalue weighted by atomic mass is 10.3. The lowest BCUT2D eigenvalue weighted by molar-refractivity contribution is -0.117. The van der Waals surface area contributed by atoms with Crippen LogP contribution in [0.15, 0.2) is 28.1 Å². The Balaban J connectivity index is 2.71. The molecule has 7 heteroatoms. The summed E-state index contributed by atoms with van der Waals surface area (Å²) in [6, 6.07) is 4.91. The number of carbonyl (C=O) groups excluding carboxylic acids is 1. The molecule has 1 aromatic heterocycles. The number of aryl methyl sites for hydroxylation is 1. The standard InChI is InChI=1S/C12H14N2O3S2/c1-4-11(15)13-12-14(2)9-6-5-8(19(3,16)17)7-10(9)18-12/h5-7H,4H2,1-3H3. The smallest absolute Gasteiger partial charge is 0.248 e. The van der Waals surface area contributed by atoms with Crippen molar-refractivity contribution in [3.8, 4) is 0 Å². The van der Waals surface area contributed by atoms with Crippen LogP contribution in [0.5, 0.6) is 0 Å². The maximum absolute atomic E-state index is 11.5. The van der Waals surface area contributed by atoms with Crippen LogP contribution in [0, 0.1) is 0 Å². The second kappa shape index (κ2) is 4.90. The molecule has 5 nitrogen and oxygen atoms in total. The minimum atomic E-state index is -3.23. The molecule has 0 atom stereocenters. The summed E-state index contributed by atoms with van der Waals surface area (Å²) < 4.78 is 25.6. The molecular weight excluding hydrogens is 284 g/mol. The normalized spacial score (nSPS) is 13.1. The van der Waals surface area contributed by atoms with Crippen LogP contribution >= 0.6 is 11.3 Å². The van der Waals surface area contributed by atoms with Gasteiger partial charge >= 0.3 is 0 Å². The highest BCUT2D eigenvalue weighted by molar-refractivity contribution is 7.90. The van der Waals surface area contributed by atoms with Crippen molar-refractivity contribution < 1.29 is 13.2 Å². The van der Waals surface area contributed by atoms with Crippen LogP contribution in [0.25, 0.3) is 10.2 Å². The summed E-state index contributed by atoms with van der Waals surface area (Å²) >= 11 is 1.31. The first-order chi connectivity index (χ1) is 8.82. The molecule has 1 aromatic carbocycles. The van der Waals surface area contributed by atoms with Gasteiger partial charge in [0.15, 0.2) is 14.6 Å². The highest BCUT2D eigenvalue weighted by Crippen LogP contribution is 2.21. The van der Waals surface area contributed by atoms with E-state index in [1.54, 1.807) is 36.7 Å². The molecule has 19 heavy (non-hydrogen) atoms. The van der Waals surface area contributed by atoms with Gasteiger partial charge in [0.2, 0.25) is 5.91 Å². The largest absolute Gasteiger partial charge is 0.319 e. The zero-order valence-corrected chi connectivity index (χ0v) is 12.5. The van der Waals surface area contributed by atoms with Gasteiger partial charge in [-0.3, -0.25) is 4.79 Å². The first-order valence-electron chi connectivity index (χ1n) is 5.70. The molecule has 2 rings (SSSR count). The van der Waals surface area contributed by atoms with Crippen molar-refractivity contribution in [2.24, 2.45) is 12.0 Å². The topological polar surface area (TPSA) is 68.5 Å². The second-order valence-corrected chi connectivity index (χ2v) is 7.23. The van der Waals surface area contributed by atoms with Crippen LogP contribution in [-0.4, -0.2) is 25.1 Å². The summed E-state index contributed by atoms with van der Waals surface area (Å²) in [5, 5.41) is 0. The zero-order chi connectivity index (χ0) is 14.2. The van der Waals surface area contributed by atoms with E-state index >= 15 is 0 Å². The lowest BCUT2D eigenvalue weighted by Gasteiger charge is -1.98. The first-order valence-corrected chi connectivity index (χ1v) is 8.41. The summed E-state index contributed by atoms with van der Waals surface area (Å²) in [4.78, 5) is 16.2. The third-order valence-corrected chi connectivity index (χ3v) is 4.94. The molecule has 0 spiro atoms. The Hall–Kier alpha value is -1.47. The predicted molar refractivity (Wildman–Crippen MR) is 74.8 cm³/mol. The Morgan fingerprint density at radius 3 is 2.68 bits per heavy atom. The van der Waals surface area contributed by atoms with E-state index in [1.807, 2.05) is 0 Å².